The van der Waals surface area contributed by atoms with E-state index in [2.05, 4.69) is 32.4 Å². The van der Waals surface area contributed by atoms with Gasteiger partial charge >= 0.3 is 0 Å². The molecule has 2 N–H and O–H groups in total. The average molecular weight is 297 g/mol. The molecule has 1 fully saturated rings. The molecule has 0 aromatic heterocycles. The molecule has 112 valence electrons. The zero-order valence-electron chi connectivity index (χ0n) is 12.7. The van der Waals surface area contributed by atoms with E-state index in [1.807, 2.05) is 0 Å². The Morgan fingerprint density at radius 1 is 1.20 bits per heavy atom. The molecule has 1 aliphatic carbocycles. The lowest BCUT2D eigenvalue weighted by molar-refractivity contribution is 0.280. The molecule has 0 aliphatic heterocycles. The third-order valence-corrected chi connectivity index (χ3v) is 6.72. The van der Waals surface area contributed by atoms with Gasteiger partial charge in [0, 0.05) is 6.04 Å². The number of hydrogen-bond acceptors (Lipinski definition) is 3. The summed E-state index contributed by atoms with van der Waals surface area (Å²) < 4.78 is 27.9. The van der Waals surface area contributed by atoms with Crippen molar-refractivity contribution < 1.29 is 13.5 Å². The number of hydrogen-bond donors (Lipinski definition) is 2. The summed E-state index contributed by atoms with van der Waals surface area (Å²) in [6, 6.07) is 4.91. The molecule has 1 aliphatic rings. The van der Waals surface area contributed by atoms with Gasteiger partial charge in [0.25, 0.3) is 0 Å². The normalized spacial score (nSPS) is 20.9. The van der Waals surface area contributed by atoms with Crippen LogP contribution in [0.25, 0.3) is 0 Å². The first-order valence-electron chi connectivity index (χ1n) is 6.77. The number of benzene rings is 1. The van der Waals surface area contributed by atoms with E-state index >= 15 is 0 Å². The highest BCUT2D eigenvalue weighted by atomic mass is 32.2. The van der Waals surface area contributed by atoms with Crippen LogP contribution in [0.15, 0.2) is 23.1 Å². The highest BCUT2D eigenvalue weighted by molar-refractivity contribution is 7.89. The number of nitrogens with one attached hydrogen (secondary N) is 1. The van der Waals surface area contributed by atoms with Crippen LogP contribution >= 0.6 is 0 Å². The molecule has 5 heteroatoms. The van der Waals surface area contributed by atoms with Crippen LogP contribution in [0.4, 0.5) is 0 Å². The lowest BCUT2D eigenvalue weighted by Gasteiger charge is -2.12. The van der Waals surface area contributed by atoms with E-state index in [9.17, 15) is 13.5 Å². The van der Waals surface area contributed by atoms with Crippen LogP contribution in [0.5, 0.6) is 0 Å². The molecule has 2 rings (SSSR count). The predicted molar refractivity (Wildman–Crippen MR) is 78.8 cm³/mol. The fraction of sp³-hybridized carbons (Fsp3) is 0.600. The summed E-state index contributed by atoms with van der Waals surface area (Å²) in [7, 11) is -3.56. The molecule has 0 saturated heterocycles. The quantitative estimate of drug-likeness (QED) is 0.895. The number of aliphatic hydroxyl groups is 1. The topological polar surface area (TPSA) is 66.4 Å². The lowest BCUT2D eigenvalue weighted by Crippen LogP contribution is -2.30. The van der Waals surface area contributed by atoms with E-state index in [1.165, 1.54) is 0 Å². The zero-order valence-corrected chi connectivity index (χ0v) is 13.5. The van der Waals surface area contributed by atoms with Crippen molar-refractivity contribution in [2.24, 2.45) is 10.8 Å². The lowest BCUT2D eigenvalue weighted by atomic mass is 10.0. The highest BCUT2D eigenvalue weighted by Gasteiger charge is 2.66. The van der Waals surface area contributed by atoms with Gasteiger partial charge in [-0.25, -0.2) is 13.1 Å². The highest BCUT2D eigenvalue weighted by Crippen LogP contribution is 2.62. The molecule has 0 unspecified atom stereocenters. The van der Waals surface area contributed by atoms with E-state index in [-0.39, 0.29) is 28.4 Å². The third-order valence-electron chi connectivity index (χ3n) is 5.15. The van der Waals surface area contributed by atoms with E-state index in [1.54, 1.807) is 25.1 Å². The van der Waals surface area contributed by atoms with E-state index in [4.69, 9.17) is 0 Å². The Morgan fingerprint density at radius 2 is 1.75 bits per heavy atom. The third kappa shape index (κ3) is 2.18. The Hall–Kier alpha value is -0.910. The van der Waals surface area contributed by atoms with E-state index < -0.39 is 10.0 Å². The van der Waals surface area contributed by atoms with Crippen molar-refractivity contribution in [1.29, 1.82) is 0 Å². The maximum absolute atomic E-state index is 12.6. The van der Waals surface area contributed by atoms with Gasteiger partial charge < -0.3 is 5.11 Å². The first kappa shape index (κ1) is 15.5. The first-order valence-corrected chi connectivity index (χ1v) is 8.25. The van der Waals surface area contributed by atoms with Crippen LogP contribution in [-0.2, 0) is 16.6 Å². The van der Waals surface area contributed by atoms with Crippen LogP contribution in [-0.4, -0.2) is 19.6 Å². The fourth-order valence-corrected chi connectivity index (χ4v) is 4.65. The monoisotopic (exact) mass is 297 g/mol. The summed E-state index contributed by atoms with van der Waals surface area (Å²) in [6.45, 7) is 9.83. The standard InChI is InChI=1S/C15H23NO3S/c1-10-11(9-17)7-6-8-12(10)20(18,19)16-13-14(2,3)15(13,4)5/h6-8,13,16-17H,9H2,1-5H3. The molecule has 0 amide bonds. The van der Waals surface area contributed by atoms with Gasteiger partial charge in [0.2, 0.25) is 10.0 Å². The molecule has 0 spiro atoms. The summed E-state index contributed by atoms with van der Waals surface area (Å²) >= 11 is 0. The predicted octanol–water partition coefficient (Wildman–Crippen LogP) is 2.20. The van der Waals surface area contributed by atoms with Gasteiger partial charge in [-0.1, -0.05) is 39.8 Å². The minimum absolute atomic E-state index is 0.0530. The molecule has 1 aromatic carbocycles. The molecule has 4 nitrogen and oxygen atoms in total. The van der Waals surface area contributed by atoms with E-state index in [0.717, 1.165) is 0 Å². The fourth-order valence-electron chi connectivity index (χ4n) is 2.83. The Kier molecular flexibility index (Phi) is 3.52. The molecule has 20 heavy (non-hydrogen) atoms. The molecule has 0 bridgehead atoms. The molecule has 0 atom stereocenters. The second-order valence-corrected chi connectivity index (χ2v) is 8.38. The molecular formula is C15H23NO3S. The van der Waals surface area contributed by atoms with Gasteiger partial charge in [-0.2, -0.15) is 0 Å². The summed E-state index contributed by atoms with van der Waals surface area (Å²) in [5.74, 6) is 0. The second-order valence-electron chi connectivity index (χ2n) is 6.70. The largest absolute Gasteiger partial charge is 0.392 e. The Balaban J connectivity index is 2.34. The van der Waals surface area contributed by atoms with Crippen LogP contribution < -0.4 is 4.72 Å². The number of aliphatic hydroxyl groups excluding tert-OH is 1. The van der Waals surface area contributed by atoms with Crippen LogP contribution in [0, 0.1) is 17.8 Å². The van der Waals surface area contributed by atoms with Gasteiger partial charge in [0.05, 0.1) is 11.5 Å². The Bertz CT molecular complexity index is 619. The summed E-state index contributed by atoms with van der Waals surface area (Å²) in [5.41, 5.74) is 1.14. The summed E-state index contributed by atoms with van der Waals surface area (Å²) in [4.78, 5) is 0.252. The average Bonchev–Trinajstić information content (AvgIpc) is 2.71. The van der Waals surface area contributed by atoms with Crippen LogP contribution in [0.3, 0.4) is 0 Å². The van der Waals surface area contributed by atoms with Crippen molar-refractivity contribution in [3.05, 3.63) is 29.3 Å². The first-order chi connectivity index (χ1) is 9.05. The van der Waals surface area contributed by atoms with Gasteiger partial charge in [-0.05, 0) is 34.9 Å². The maximum Gasteiger partial charge on any atom is 0.241 e. The van der Waals surface area contributed by atoms with Crippen molar-refractivity contribution in [3.63, 3.8) is 0 Å². The van der Waals surface area contributed by atoms with Crippen molar-refractivity contribution >= 4 is 10.0 Å². The summed E-state index contributed by atoms with van der Waals surface area (Å²) in [6.07, 6.45) is 0. The SMILES string of the molecule is Cc1c(CO)cccc1S(=O)(=O)NC1C(C)(C)C1(C)C. The van der Waals surface area contributed by atoms with Crippen molar-refractivity contribution in [2.45, 2.75) is 52.2 Å². The summed E-state index contributed by atoms with van der Waals surface area (Å²) in [5, 5.41) is 9.25. The Morgan fingerprint density at radius 3 is 2.20 bits per heavy atom. The van der Waals surface area contributed by atoms with Gasteiger partial charge in [0.15, 0.2) is 0 Å². The molecule has 1 saturated carbocycles. The van der Waals surface area contributed by atoms with Gasteiger partial charge in [-0.3, -0.25) is 0 Å². The van der Waals surface area contributed by atoms with Crippen LogP contribution in [0.2, 0.25) is 0 Å². The number of rotatable bonds is 4. The van der Waals surface area contributed by atoms with Crippen molar-refractivity contribution in [3.8, 4) is 0 Å². The molecule has 0 heterocycles. The van der Waals surface area contributed by atoms with Gasteiger partial charge in [-0.15, -0.1) is 0 Å². The number of sulfonamides is 1. The molecular weight excluding hydrogens is 274 g/mol. The smallest absolute Gasteiger partial charge is 0.241 e. The van der Waals surface area contributed by atoms with Crippen LogP contribution in [0.1, 0.15) is 38.8 Å². The minimum atomic E-state index is -3.56. The molecule has 1 aromatic rings. The molecule has 0 radical (unpaired) electrons. The zero-order chi connectivity index (χ0) is 15.3. The Labute approximate surface area is 121 Å². The van der Waals surface area contributed by atoms with E-state index in [0.29, 0.717) is 11.1 Å². The maximum atomic E-state index is 12.6. The minimum Gasteiger partial charge on any atom is -0.392 e. The van der Waals surface area contributed by atoms with Gasteiger partial charge in [0.1, 0.15) is 0 Å². The van der Waals surface area contributed by atoms with Crippen molar-refractivity contribution in [2.75, 3.05) is 0 Å². The van der Waals surface area contributed by atoms with Crippen molar-refractivity contribution in [1.82, 2.24) is 4.72 Å². The second kappa shape index (κ2) is 4.55.